The molecule has 0 fully saturated rings. The first-order chi connectivity index (χ1) is 18.1. The third-order valence-electron chi connectivity index (χ3n) is 7.64. The average molecular weight is 507 g/mol. The number of hydrogen-bond donors (Lipinski definition) is 0. The van der Waals surface area contributed by atoms with E-state index in [-0.39, 0.29) is 11.1 Å². The minimum Gasteiger partial charge on any atom is -0.465 e. The van der Waals surface area contributed by atoms with Crippen LogP contribution in [0, 0.1) is 34.6 Å². The highest BCUT2D eigenvalue weighted by Gasteiger charge is 2.33. The quantitative estimate of drug-likeness (QED) is 0.154. The first-order valence-electron chi connectivity index (χ1n) is 12.7. The SMILES string of the molecule is COC(=O)c1ccccc1C(=O)Oc1c(C)cc(C(C)(c2ccccc2)c2cc(C)c(C)c(C)c2)cc1C. The van der Waals surface area contributed by atoms with E-state index in [1.165, 1.54) is 34.9 Å². The molecule has 194 valence electrons. The summed E-state index contributed by atoms with van der Waals surface area (Å²) in [6.45, 7) is 12.6. The number of methoxy groups -OCH3 is 1. The number of carbonyl (C=O) groups is 2. The van der Waals surface area contributed by atoms with Crippen molar-refractivity contribution < 1.29 is 19.1 Å². The summed E-state index contributed by atoms with van der Waals surface area (Å²) in [4.78, 5) is 25.3. The highest BCUT2D eigenvalue weighted by Crippen LogP contribution is 2.42. The van der Waals surface area contributed by atoms with Crippen LogP contribution in [0.1, 0.15) is 72.1 Å². The molecular weight excluding hydrogens is 472 g/mol. The first kappa shape index (κ1) is 26.9. The van der Waals surface area contributed by atoms with Gasteiger partial charge in [-0.05, 0) is 98.2 Å². The van der Waals surface area contributed by atoms with Gasteiger partial charge >= 0.3 is 11.9 Å². The van der Waals surface area contributed by atoms with Crippen molar-refractivity contribution in [2.75, 3.05) is 7.11 Å². The number of esters is 2. The molecule has 4 heteroatoms. The predicted octanol–water partition coefficient (Wildman–Crippen LogP) is 7.59. The molecule has 4 nitrogen and oxygen atoms in total. The molecule has 0 aliphatic heterocycles. The Bertz CT molecular complexity index is 1470. The molecule has 38 heavy (non-hydrogen) atoms. The molecule has 4 rings (SSSR count). The minimum atomic E-state index is -0.597. The Balaban J connectivity index is 1.81. The lowest BCUT2D eigenvalue weighted by atomic mass is 9.69. The van der Waals surface area contributed by atoms with Crippen molar-refractivity contribution >= 4 is 11.9 Å². The zero-order valence-electron chi connectivity index (χ0n) is 23.1. The van der Waals surface area contributed by atoms with E-state index in [0.29, 0.717) is 5.75 Å². The molecule has 1 atom stereocenters. The van der Waals surface area contributed by atoms with Crippen molar-refractivity contribution in [3.8, 4) is 5.75 Å². The normalized spacial score (nSPS) is 12.5. The second kappa shape index (κ2) is 10.7. The fourth-order valence-electron chi connectivity index (χ4n) is 5.09. The standard InChI is InChI=1S/C34H34O4/c1-21-17-27(18-22(2)25(21)5)34(6,26-13-9-8-10-14-26)28-19-23(3)31(24(4)20-28)38-33(36)30-16-12-11-15-29(30)32(35)37-7/h8-20H,1-7H3. The van der Waals surface area contributed by atoms with E-state index in [1.54, 1.807) is 24.3 Å². The molecule has 0 heterocycles. The van der Waals surface area contributed by atoms with Crippen molar-refractivity contribution in [1.29, 1.82) is 0 Å². The highest BCUT2D eigenvalue weighted by molar-refractivity contribution is 6.03. The van der Waals surface area contributed by atoms with Crippen molar-refractivity contribution in [3.05, 3.63) is 134 Å². The first-order valence-corrected chi connectivity index (χ1v) is 12.7. The van der Waals surface area contributed by atoms with Gasteiger partial charge in [-0.2, -0.15) is 0 Å². The van der Waals surface area contributed by atoms with Gasteiger partial charge in [0.05, 0.1) is 18.2 Å². The van der Waals surface area contributed by atoms with Crippen LogP contribution in [0.2, 0.25) is 0 Å². The summed E-state index contributed by atoms with van der Waals surface area (Å²) in [5, 5.41) is 0. The van der Waals surface area contributed by atoms with Gasteiger partial charge in [0.15, 0.2) is 0 Å². The van der Waals surface area contributed by atoms with Crippen molar-refractivity contribution in [1.82, 2.24) is 0 Å². The van der Waals surface area contributed by atoms with Gasteiger partial charge in [-0.15, -0.1) is 0 Å². The second-order valence-electron chi connectivity index (χ2n) is 10.1. The molecule has 0 bridgehead atoms. The lowest BCUT2D eigenvalue weighted by Gasteiger charge is -2.34. The molecule has 0 radical (unpaired) electrons. The summed E-state index contributed by atoms with van der Waals surface area (Å²) in [5.74, 6) is -0.686. The Labute approximate surface area is 225 Å². The molecule has 0 aliphatic rings. The van der Waals surface area contributed by atoms with Gasteiger partial charge in [0.1, 0.15) is 5.75 Å². The van der Waals surface area contributed by atoms with E-state index >= 15 is 0 Å². The van der Waals surface area contributed by atoms with Crippen molar-refractivity contribution in [3.63, 3.8) is 0 Å². The topological polar surface area (TPSA) is 52.6 Å². The van der Waals surface area contributed by atoms with Gasteiger partial charge in [-0.3, -0.25) is 0 Å². The van der Waals surface area contributed by atoms with E-state index in [0.717, 1.165) is 16.7 Å². The number of benzene rings is 4. The zero-order chi connectivity index (χ0) is 27.6. The Morgan fingerprint density at radius 1 is 0.605 bits per heavy atom. The van der Waals surface area contributed by atoms with Crippen molar-refractivity contribution in [2.45, 2.75) is 47.0 Å². The van der Waals surface area contributed by atoms with Gasteiger partial charge in [0, 0.05) is 5.41 Å². The predicted molar refractivity (Wildman–Crippen MR) is 151 cm³/mol. The zero-order valence-corrected chi connectivity index (χ0v) is 23.1. The van der Waals surface area contributed by atoms with Gasteiger partial charge in [0.2, 0.25) is 0 Å². The van der Waals surface area contributed by atoms with Crippen LogP contribution in [0.5, 0.6) is 5.75 Å². The van der Waals surface area contributed by atoms with E-state index < -0.39 is 17.4 Å². The summed E-state index contributed by atoms with van der Waals surface area (Å²) < 4.78 is 10.7. The van der Waals surface area contributed by atoms with Crippen molar-refractivity contribution in [2.24, 2.45) is 0 Å². The van der Waals surface area contributed by atoms with Gasteiger partial charge in [-0.25, -0.2) is 9.59 Å². The van der Waals surface area contributed by atoms with Crippen LogP contribution in [0.3, 0.4) is 0 Å². The Hall–Kier alpha value is -4.18. The maximum atomic E-state index is 13.2. The molecule has 0 spiro atoms. The number of carbonyl (C=O) groups excluding carboxylic acids is 2. The number of rotatable bonds is 6. The maximum Gasteiger partial charge on any atom is 0.344 e. The summed E-state index contributed by atoms with van der Waals surface area (Å²) in [6, 6.07) is 25.7. The van der Waals surface area contributed by atoms with E-state index in [2.05, 4.69) is 76.2 Å². The molecule has 0 amide bonds. The average Bonchev–Trinajstić information content (AvgIpc) is 2.92. The lowest BCUT2D eigenvalue weighted by molar-refractivity contribution is 0.0587. The Morgan fingerprint density at radius 2 is 1.05 bits per heavy atom. The molecule has 0 aliphatic carbocycles. The molecule has 0 saturated heterocycles. The second-order valence-corrected chi connectivity index (χ2v) is 10.1. The molecular formula is C34H34O4. The molecule has 1 unspecified atom stereocenters. The third-order valence-corrected chi connectivity index (χ3v) is 7.64. The van der Waals surface area contributed by atoms with E-state index in [1.807, 2.05) is 19.9 Å². The fourth-order valence-corrected chi connectivity index (χ4v) is 5.09. The van der Waals surface area contributed by atoms with Crippen LogP contribution in [-0.4, -0.2) is 19.0 Å². The van der Waals surface area contributed by atoms with Crippen LogP contribution >= 0.6 is 0 Å². The van der Waals surface area contributed by atoms with Crippen LogP contribution in [0.4, 0.5) is 0 Å². The summed E-state index contributed by atoms with van der Waals surface area (Å²) in [7, 11) is 1.29. The van der Waals surface area contributed by atoms with Crippen LogP contribution in [-0.2, 0) is 10.2 Å². The van der Waals surface area contributed by atoms with E-state index in [9.17, 15) is 9.59 Å². The largest absolute Gasteiger partial charge is 0.465 e. The van der Waals surface area contributed by atoms with Gasteiger partial charge < -0.3 is 9.47 Å². The third kappa shape index (κ3) is 4.87. The molecule has 4 aromatic carbocycles. The molecule has 0 saturated carbocycles. The maximum absolute atomic E-state index is 13.2. The molecule has 4 aromatic rings. The van der Waals surface area contributed by atoms with Crippen LogP contribution in [0.15, 0.2) is 78.9 Å². The molecule has 0 N–H and O–H groups in total. The fraction of sp³-hybridized carbons (Fsp3) is 0.235. The molecule has 0 aromatic heterocycles. The lowest BCUT2D eigenvalue weighted by Crippen LogP contribution is -2.26. The summed E-state index contributed by atoms with van der Waals surface area (Å²) >= 11 is 0. The van der Waals surface area contributed by atoms with Gasteiger partial charge in [-0.1, -0.05) is 66.7 Å². The monoisotopic (exact) mass is 506 g/mol. The van der Waals surface area contributed by atoms with Crippen LogP contribution < -0.4 is 4.74 Å². The summed E-state index contributed by atoms with van der Waals surface area (Å²) in [6.07, 6.45) is 0. The Kier molecular flexibility index (Phi) is 7.54. The summed E-state index contributed by atoms with van der Waals surface area (Å²) in [5.41, 5.74) is 8.89. The van der Waals surface area contributed by atoms with Crippen LogP contribution in [0.25, 0.3) is 0 Å². The van der Waals surface area contributed by atoms with Gasteiger partial charge in [0.25, 0.3) is 0 Å². The number of aryl methyl sites for hydroxylation is 4. The highest BCUT2D eigenvalue weighted by atomic mass is 16.5. The number of ether oxygens (including phenoxy) is 2. The number of hydrogen-bond acceptors (Lipinski definition) is 4. The Morgan fingerprint density at radius 3 is 1.55 bits per heavy atom. The minimum absolute atomic E-state index is 0.168. The van der Waals surface area contributed by atoms with E-state index in [4.69, 9.17) is 9.47 Å². The smallest absolute Gasteiger partial charge is 0.344 e.